The van der Waals surface area contributed by atoms with Crippen molar-refractivity contribution in [2.45, 2.75) is 27.0 Å². The van der Waals surface area contributed by atoms with Gasteiger partial charge in [0.15, 0.2) is 0 Å². The molecule has 0 unspecified atom stereocenters. The third kappa shape index (κ3) is 5.98. The van der Waals surface area contributed by atoms with Gasteiger partial charge in [0.25, 0.3) is 0 Å². The van der Waals surface area contributed by atoms with Crippen molar-refractivity contribution in [1.82, 2.24) is 5.48 Å². The number of rotatable bonds is 9. The topological polar surface area (TPSA) is 56.8 Å². The highest BCUT2D eigenvalue weighted by Gasteiger charge is 2.16. The average Bonchev–Trinajstić information content (AvgIpc) is 2.62. The first-order valence-electron chi connectivity index (χ1n) is 8.16. The van der Waals surface area contributed by atoms with E-state index in [9.17, 15) is 4.79 Å². The summed E-state index contributed by atoms with van der Waals surface area (Å²) in [6.07, 6.45) is 0. The predicted octanol–water partition coefficient (Wildman–Crippen LogP) is 4.09. The van der Waals surface area contributed by atoms with Gasteiger partial charge in [-0.05, 0) is 59.7 Å². The predicted molar refractivity (Wildman–Crippen MR) is 104 cm³/mol. The van der Waals surface area contributed by atoms with E-state index in [0.717, 1.165) is 14.7 Å². The zero-order valence-electron chi connectivity index (χ0n) is 14.4. The van der Waals surface area contributed by atoms with Gasteiger partial charge < -0.3 is 9.47 Å². The highest BCUT2D eigenvalue weighted by atomic mass is 127. The molecule has 0 fully saturated rings. The zero-order chi connectivity index (χ0) is 18.1. The van der Waals surface area contributed by atoms with E-state index >= 15 is 0 Å². The number of carbonyl (C=O) groups is 1. The van der Waals surface area contributed by atoms with Gasteiger partial charge in [-0.1, -0.05) is 30.3 Å². The quantitative estimate of drug-likeness (QED) is 0.267. The van der Waals surface area contributed by atoms with Crippen LogP contribution >= 0.6 is 22.6 Å². The molecule has 0 aliphatic rings. The Labute approximate surface area is 161 Å². The smallest absolute Gasteiger partial charge is 0.338 e. The normalized spacial score (nSPS) is 10.5. The first-order chi connectivity index (χ1) is 12.2. The number of hydrogen-bond acceptors (Lipinski definition) is 5. The maximum absolute atomic E-state index is 12.2. The second-order valence-electron chi connectivity index (χ2n) is 5.19. The largest absolute Gasteiger partial charge is 0.493 e. The fraction of sp³-hybridized carbons (Fsp3) is 0.316. The Kier molecular flexibility index (Phi) is 8.17. The van der Waals surface area contributed by atoms with E-state index in [1.54, 1.807) is 13.0 Å². The molecule has 0 saturated carbocycles. The zero-order valence-corrected chi connectivity index (χ0v) is 16.5. The molecule has 0 saturated heterocycles. The van der Waals surface area contributed by atoms with E-state index in [1.165, 1.54) is 0 Å². The lowest BCUT2D eigenvalue weighted by atomic mass is 10.1. The molecule has 2 aromatic rings. The van der Waals surface area contributed by atoms with Crippen LogP contribution < -0.4 is 10.2 Å². The minimum atomic E-state index is -0.361. The second-order valence-corrected chi connectivity index (χ2v) is 6.35. The van der Waals surface area contributed by atoms with Crippen LogP contribution in [0.25, 0.3) is 0 Å². The van der Waals surface area contributed by atoms with Crippen molar-refractivity contribution in [2.75, 3.05) is 13.2 Å². The fourth-order valence-corrected chi connectivity index (χ4v) is 2.93. The average molecular weight is 455 g/mol. The van der Waals surface area contributed by atoms with E-state index in [2.05, 4.69) is 28.1 Å². The fourth-order valence-electron chi connectivity index (χ4n) is 2.24. The molecule has 0 aromatic heterocycles. The second kappa shape index (κ2) is 10.4. The molecule has 2 aromatic carbocycles. The van der Waals surface area contributed by atoms with Crippen LogP contribution in [0, 0.1) is 3.57 Å². The summed E-state index contributed by atoms with van der Waals surface area (Å²) in [7, 11) is 0. The maximum atomic E-state index is 12.2. The van der Waals surface area contributed by atoms with Crippen molar-refractivity contribution < 1.29 is 19.1 Å². The minimum absolute atomic E-state index is 0.326. The molecule has 2 rings (SSSR count). The molecule has 0 atom stereocenters. The first-order valence-corrected chi connectivity index (χ1v) is 9.24. The maximum Gasteiger partial charge on any atom is 0.338 e. The summed E-state index contributed by atoms with van der Waals surface area (Å²) in [5.41, 5.74) is 5.28. The molecule has 1 N–H and O–H groups in total. The monoisotopic (exact) mass is 455 g/mol. The number of hydrogen-bond donors (Lipinski definition) is 1. The van der Waals surface area contributed by atoms with Gasteiger partial charge in [-0.3, -0.25) is 4.84 Å². The van der Waals surface area contributed by atoms with Crippen molar-refractivity contribution in [1.29, 1.82) is 0 Å². The van der Waals surface area contributed by atoms with Crippen molar-refractivity contribution in [3.8, 4) is 5.75 Å². The first kappa shape index (κ1) is 19.7. The number of halogens is 1. The molecule has 134 valence electrons. The molecular formula is C19H22INO4. The molecule has 0 aliphatic heterocycles. The summed E-state index contributed by atoms with van der Waals surface area (Å²) < 4.78 is 11.7. The van der Waals surface area contributed by atoms with Crippen LogP contribution in [0.3, 0.4) is 0 Å². The number of hydroxylamine groups is 1. The van der Waals surface area contributed by atoms with E-state index in [4.69, 9.17) is 14.3 Å². The summed E-state index contributed by atoms with van der Waals surface area (Å²) in [6, 6.07) is 13.5. The van der Waals surface area contributed by atoms with Gasteiger partial charge in [0, 0.05) is 6.54 Å². The Morgan fingerprint density at radius 2 is 1.88 bits per heavy atom. The minimum Gasteiger partial charge on any atom is -0.493 e. The Morgan fingerprint density at radius 1 is 1.12 bits per heavy atom. The van der Waals surface area contributed by atoms with Crippen LogP contribution in [0.5, 0.6) is 5.75 Å². The summed E-state index contributed by atoms with van der Waals surface area (Å²) in [6.45, 7) is 5.40. The molecule has 0 radical (unpaired) electrons. The molecule has 0 heterocycles. The van der Waals surface area contributed by atoms with Gasteiger partial charge in [-0.25, -0.2) is 4.79 Å². The molecule has 0 amide bonds. The highest BCUT2D eigenvalue weighted by Crippen LogP contribution is 2.26. The summed E-state index contributed by atoms with van der Waals surface area (Å²) in [4.78, 5) is 17.7. The van der Waals surface area contributed by atoms with E-state index in [-0.39, 0.29) is 5.97 Å². The van der Waals surface area contributed by atoms with Crippen molar-refractivity contribution in [3.05, 3.63) is 62.7 Å². The van der Waals surface area contributed by atoms with E-state index < -0.39 is 0 Å². The van der Waals surface area contributed by atoms with Crippen molar-refractivity contribution in [3.63, 3.8) is 0 Å². The summed E-state index contributed by atoms with van der Waals surface area (Å²) >= 11 is 2.20. The SMILES string of the molecule is CCOC(=O)c1cc(OCC)c(I)cc1CNOCc1ccccc1. The van der Waals surface area contributed by atoms with Crippen LogP contribution in [-0.4, -0.2) is 19.2 Å². The lowest BCUT2D eigenvalue weighted by molar-refractivity contribution is 0.0230. The number of ether oxygens (including phenoxy) is 2. The Balaban J connectivity index is 2.06. The molecule has 0 aliphatic carbocycles. The van der Waals surface area contributed by atoms with Gasteiger partial charge in [0.1, 0.15) is 5.75 Å². The van der Waals surface area contributed by atoms with Gasteiger partial charge >= 0.3 is 5.97 Å². The van der Waals surface area contributed by atoms with Gasteiger partial charge in [0.05, 0.1) is 29.0 Å². The van der Waals surface area contributed by atoms with Crippen LogP contribution in [0.4, 0.5) is 0 Å². The molecule has 25 heavy (non-hydrogen) atoms. The van der Waals surface area contributed by atoms with Crippen molar-refractivity contribution >= 4 is 28.6 Å². The number of carbonyl (C=O) groups excluding carboxylic acids is 1. The van der Waals surface area contributed by atoms with Crippen LogP contribution in [0.2, 0.25) is 0 Å². The Bertz CT molecular complexity index is 691. The van der Waals surface area contributed by atoms with Crippen LogP contribution in [0.15, 0.2) is 42.5 Å². The van der Waals surface area contributed by atoms with E-state index in [1.807, 2.05) is 43.3 Å². The summed E-state index contributed by atoms with van der Waals surface area (Å²) in [5.74, 6) is 0.319. The highest BCUT2D eigenvalue weighted by molar-refractivity contribution is 14.1. The molecule has 5 nitrogen and oxygen atoms in total. The third-order valence-electron chi connectivity index (χ3n) is 3.40. The van der Waals surface area contributed by atoms with Gasteiger partial charge in [-0.15, -0.1) is 0 Å². The van der Waals surface area contributed by atoms with E-state index in [0.29, 0.717) is 37.7 Å². The van der Waals surface area contributed by atoms with Gasteiger partial charge in [0.2, 0.25) is 0 Å². The van der Waals surface area contributed by atoms with Crippen molar-refractivity contribution in [2.24, 2.45) is 0 Å². The van der Waals surface area contributed by atoms with Gasteiger partial charge in [-0.2, -0.15) is 5.48 Å². The van der Waals surface area contributed by atoms with Crippen LogP contribution in [0.1, 0.15) is 35.3 Å². The molecule has 6 heteroatoms. The summed E-state index contributed by atoms with van der Waals surface area (Å²) in [5, 5.41) is 0. The number of esters is 1. The number of benzene rings is 2. The third-order valence-corrected chi connectivity index (χ3v) is 4.24. The molecular weight excluding hydrogens is 433 g/mol. The standard InChI is InChI=1S/C19H22INO4/c1-3-23-18-11-16(19(22)24-4-2)15(10-17(18)20)12-21-25-13-14-8-6-5-7-9-14/h5-11,21H,3-4,12-13H2,1-2H3. The number of nitrogens with one attached hydrogen (secondary N) is 1. The van der Waals surface area contributed by atoms with Crippen LogP contribution in [-0.2, 0) is 22.7 Å². The lowest BCUT2D eigenvalue weighted by Gasteiger charge is -2.14. The Morgan fingerprint density at radius 3 is 2.56 bits per heavy atom. The Hall–Kier alpha value is -1.64. The lowest BCUT2D eigenvalue weighted by Crippen LogP contribution is -2.18. The molecule has 0 bridgehead atoms. The molecule has 0 spiro atoms.